The van der Waals surface area contributed by atoms with Crippen LogP contribution in [0.1, 0.15) is 12.0 Å². The molecule has 1 aliphatic heterocycles. The molecule has 0 aliphatic carbocycles. The van der Waals surface area contributed by atoms with Gasteiger partial charge in [0, 0.05) is 38.7 Å². The van der Waals surface area contributed by atoms with Gasteiger partial charge in [-0.1, -0.05) is 11.6 Å². The van der Waals surface area contributed by atoms with Crippen LogP contribution in [0, 0.1) is 0 Å². The normalized spacial score (nSPS) is 15.3. The lowest BCUT2D eigenvalue weighted by Crippen LogP contribution is -2.50. The molecule has 2 aromatic rings. The fourth-order valence-corrected chi connectivity index (χ4v) is 6.22. The van der Waals surface area contributed by atoms with Crippen molar-refractivity contribution in [1.29, 1.82) is 0 Å². The number of rotatable bonds is 7. The van der Waals surface area contributed by atoms with Crippen LogP contribution < -0.4 is 9.47 Å². The van der Waals surface area contributed by atoms with E-state index in [0.29, 0.717) is 41.8 Å². The Balaban J connectivity index is 1.55. The smallest absolute Gasteiger partial charge is 0.252 e. The molecule has 1 aromatic heterocycles. The number of aryl methyl sites for hydroxylation is 1. The third kappa shape index (κ3) is 5.22. The van der Waals surface area contributed by atoms with E-state index in [9.17, 15) is 13.2 Å². The zero-order valence-electron chi connectivity index (χ0n) is 16.3. The number of amides is 1. The molecule has 0 saturated carbocycles. The van der Waals surface area contributed by atoms with Crippen molar-refractivity contribution in [3.63, 3.8) is 0 Å². The molecule has 1 aliphatic rings. The first kappa shape index (κ1) is 21.9. The maximum absolute atomic E-state index is 12.7. The average Bonchev–Trinajstić information content (AvgIpc) is 3.19. The number of halogens is 1. The summed E-state index contributed by atoms with van der Waals surface area (Å²) in [5.41, 5.74) is 0.949. The van der Waals surface area contributed by atoms with Gasteiger partial charge in [-0.2, -0.15) is 4.31 Å². The molecule has 1 aromatic carbocycles. The van der Waals surface area contributed by atoms with Gasteiger partial charge >= 0.3 is 0 Å². The molecular weight excluding hydrogens is 436 g/mol. The summed E-state index contributed by atoms with van der Waals surface area (Å²) < 4.78 is 37.9. The Hall–Kier alpha value is -1.81. The van der Waals surface area contributed by atoms with Crippen molar-refractivity contribution >= 4 is 38.9 Å². The number of methoxy groups -OCH3 is 2. The molecule has 0 atom stereocenters. The van der Waals surface area contributed by atoms with Crippen molar-refractivity contribution in [3.8, 4) is 11.5 Å². The number of carbonyl (C=O) groups excluding carboxylic acids is 1. The van der Waals surface area contributed by atoms with Crippen molar-refractivity contribution in [2.45, 2.75) is 17.1 Å². The minimum Gasteiger partial charge on any atom is -0.497 e. The number of piperazine rings is 1. The van der Waals surface area contributed by atoms with Gasteiger partial charge in [0.05, 0.1) is 18.6 Å². The third-order valence-corrected chi connectivity index (χ3v) is 8.37. The molecule has 3 rings (SSSR count). The summed E-state index contributed by atoms with van der Waals surface area (Å²) in [4.78, 5) is 14.3. The molecule has 7 nitrogen and oxygen atoms in total. The minimum absolute atomic E-state index is 0.00278. The number of sulfonamides is 1. The minimum atomic E-state index is -3.56. The number of hydrogen-bond donors (Lipinski definition) is 0. The standard InChI is InChI=1S/C19H23ClN2O5S2/c1-26-15-11-14(12-16(13-15)27-2)3-5-18(23)21-7-9-22(10-8-21)29(24,25)19-6-4-17(20)28-19/h4,6,11-13H,3,5,7-10H2,1-2H3. The molecule has 1 amide bonds. The molecule has 1 fully saturated rings. The van der Waals surface area contributed by atoms with Crippen LogP contribution in [0.25, 0.3) is 0 Å². The first-order valence-corrected chi connectivity index (χ1v) is 11.7. The Bertz CT molecular complexity index is 946. The van der Waals surface area contributed by atoms with Gasteiger partial charge in [0.1, 0.15) is 15.7 Å². The number of nitrogens with zero attached hydrogens (tertiary/aromatic N) is 2. The van der Waals surface area contributed by atoms with Gasteiger partial charge in [0.2, 0.25) is 5.91 Å². The van der Waals surface area contributed by atoms with E-state index in [0.717, 1.165) is 16.9 Å². The van der Waals surface area contributed by atoms with Crippen molar-refractivity contribution in [1.82, 2.24) is 9.21 Å². The molecular formula is C19H23ClN2O5S2. The molecule has 158 valence electrons. The van der Waals surface area contributed by atoms with Crippen LogP contribution in [-0.4, -0.2) is 63.9 Å². The first-order valence-electron chi connectivity index (χ1n) is 9.08. The first-order chi connectivity index (χ1) is 13.8. The summed E-state index contributed by atoms with van der Waals surface area (Å²) in [6.07, 6.45) is 0.891. The topological polar surface area (TPSA) is 76.2 Å². The number of benzene rings is 1. The van der Waals surface area contributed by atoms with E-state index in [1.807, 2.05) is 12.1 Å². The monoisotopic (exact) mass is 458 g/mol. The SMILES string of the molecule is COc1cc(CCC(=O)N2CCN(S(=O)(=O)c3ccc(Cl)s3)CC2)cc(OC)c1. The second-order valence-electron chi connectivity index (χ2n) is 6.56. The Labute approximate surface area is 179 Å². The van der Waals surface area contributed by atoms with E-state index in [2.05, 4.69) is 0 Å². The fraction of sp³-hybridized carbons (Fsp3) is 0.421. The molecule has 0 N–H and O–H groups in total. The van der Waals surface area contributed by atoms with Crippen molar-refractivity contribution < 1.29 is 22.7 Å². The van der Waals surface area contributed by atoms with Crippen LogP contribution >= 0.6 is 22.9 Å². The zero-order chi connectivity index (χ0) is 21.0. The van der Waals surface area contributed by atoms with Gasteiger partial charge in [-0.25, -0.2) is 8.42 Å². The summed E-state index contributed by atoms with van der Waals surface area (Å²) in [6.45, 7) is 1.30. The molecule has 1 saturated heterocycles. The fourth-order valence-electron chi connectivity index (χ4n) is 3.16. The van der Waals surface area contributed by atoms with Gasteiger partial charge < -0.3 is 14.4 Å². The van der Waals surface area contributed by atoms with Crippen molar-refractivity contribution in [2.75, 3.05) is 40.4 Å². The van der Waals surface area contributed by atoms with Crippen LogP contribution in [-0.2, 0) is 21.2 Å². The molecule has 2 heterocycles. The van der Waals surface area contributed by atoms with Crippen LogP contribution in [0.4, 0.5) is 0 Å². The maximum atomic E-state index is 12.7. The van der Waals surface area contributed by atoms with E-state index in [1.165, 1.54) is 10.4 Å². The highest BCUT2D eigenvalue weighted by atomic mass is 35.5. The second kappa shape index (κ2) is 9.34. The summed E-state index contributed by atoms with van der Waals surface area (Å²) in [5.74, 6) is 1.36. The molecule has 29 heavy (non-hydrogen) atoms. The van der Waals surface area contributed by atoms with Crippen molar-refractivity contribution in [2.24, 2.45) is 0 Å². The summed E-state index contributed by atoms with van der Waals surface area (Å²) in [5, 5.41) is 0. The van der Waals surface area contributed by atoms with E-state index in [1.54, 1.807) is 31.3 Å². The van der Waals surface area contributed by atoms with Gasteiger partial charge in [0.15, 0.2) is 0 Å². The average molecular weight is 459 g/mol. The lowest BCUT2D eigenvalue weighted by atomic mass is 10.1. The quantitative estimate of drug-likeness (QED) is 0.637. The van der Waals surface area contributed by atoms with E-state index in [4.69, 9.17) is 21.1 Å². The van der Waals surface area contributed by atoms with Gasteiger partial charge in [-0.3, -0.25) is 4.79 Å². The highest BCUT2D eigenvalue weighted by Crippen LogP contribution is 2.29. The summed E-state index contributed by atoms with van der Waals surface area (Å²) in [7, 11) is -0.390. The molecule has 0 bridgehead atoms. The number of thiophene rings is 1. The number of ether oxygens (including phenoxy) is 2. The molecule has 0 unspecified atom stereocenters. The van der Waals surface area contributed by atoms with Crippen LogP contribution in [0.3, 0.4) is 0 Å². The van der Waals surface area contributed by atoms with Gasteiger partial charge in [0.25, 0.3) is 10.0 Å². The van der Waals surface area contributed by atoms with Crippen LogP contribution in [0.15, 0.2) is 34.5 Å². The largest absolute Gasteiger partial charge is 0.497 e. The Kier molecular flexibility index (Phi) is 7.05. The Morgan fingerprint density at radius 2 is 1.69 bits per heavy atom. The number of hydrogen-bond acceptors (Lipinski definition) is 6. The molecule has 0 radical (unpaired) electrons. The van der Waals surface area contributed by atoms with E-state index >= 15 is 0 Å². The molecule has 0 spiro atoms. The predicted molar refractivity (Wildman–Crippen MR) is 113 cm³/mol. The van der Waals surface area contributed by atoms with Crippen LogP contribution in [0.5, 0.6) is 11.5 Å². The highest BCUT2D eigenvalue weighted by molar-refractivity contribution is 7.91. The summed E-state index contributed by atoms with van der Waals surface area (Å²) >= 11 is 6.90. The second-order valence-corrected chi connectivity index (χ2v) is 10.4. The number of carbonyl (C=O) groups is 1. The summed E-state index contributed by atoms with van der Waals surface area (Å²) in [6, 6.07) is 8.64. The van der Waals surface area contributed by atoms with Crippen molar-refractivity contribution in [3.05, 3.63) is 40.2 Å². The maximum Gasteiger partial charge on any atom is 0.252 e. The lowest BCUT2D eigenvalue weighted by Gasteiger charge is -2.33. The van der Waals surface area contributed by atoms with Crippen LogP contribution in [0.2, 0.25) is 4.34 Å². The lowest BCUT2D eigenvalue weighted by molar-refractivity contribution is -0.132. The van der Waals surface area contributed by atoms with E-state index < -0.39 is 10.0 Å². The van der Waals surface area contributed by atoms with E-state index in [-0.39, 0.29) is 23.2 Å². The Morgan fingerprint density at radius 1 is 1.07 bits per heavy atom. The van der Waals surface area contributed by atoms with Gasteiger partial charge in [-0.15, -0.1) is 11.3 Å². The Morgan fingerprint density at radius 3 is 2.21 bits per heavy atom. The highest BCUT2D eigenvalue weighted by Gasteiger charge is 2.31. The third-order valence-electron chi connectivity index (χ3n) is 4.77. The molecule has 10 heteroatoms. The van der Waals surface area contributed by atoms with Gasteiger partial charge in [-0.05, 0) is 36.2 Å². The predicted octanol–water partition coefficient (Wildman–Crippen LogP) is 2.88. The zero-order valence-corrected chi connectivity index (χ0v) is 18.6.